The van der Waals surface area contributed by atoms with Crippen LogP contribution < -0.4 is 31.4 Å². The van der Waals surface area contributed by atoms with Crippen LogP contribution >= 0.6 is 27.7 Å². The van der Waals surface area contributed by atoms with Crippen LogP contribution in [0.3, 0.4) is 0 Å². The quantitative estimate of drug-likeness (QED) is 0.589. The molecule has 0 amide bonds. The van der Waals surface area contributed by atoms with Gasteiger partial charge in [0.05, 0.1) is 20.8 Å². The number of aliphatic hydroxyl groups is 1. The molecule has 1 unspecified atom stereocenters. The number of benzene rings is 2. The van der Waals surface area contributed by atoms with E-state index < -0.39 is 5.72 Å². The summed E-state index contributed by atoms with van der Waals surface area (Å²) in [6.07, 6.45) is 1.04. The molecule has 28 heavy (non-hydrogen) atoms. The van der Waals surface area contributed by atoms with Gasteiger partial charge >= 0.3 is 5.17 Å². The largest absolute Gasteiger partial charge is 1.00 e. The summed E-state index contributed by atoms with van der Waals surface area (Å²) in [5, 5.41) is 12.8. The molecule has 0 aliphatic carbocycles. The van der Waals surface area contributed by atoms with E-state index >= 15 is 0 Å². The molecular weight excluding hydrogens is 508 g/mol. The average molecular weight is 530 g/mol. The maximum absolute atomic E-state index is 11.7. The number of anilines is 1. The molecule has 2 aromatic rings. The van der Waals surface area contributed by atoms with Crippen molar-refractivity contribution in [2.24, 2.45) is 0 Å². The number of β-amino-alcohol motifs (C(OH)–C–C–N with tert-alkyl or cyclic N) is 1. The number of amidine groups is 1. The molecule has 0 fully saturated rings. The van der Waals surface area contributed by atoms with E-state index in [0.717, 1.165) is 51.1 Å². The molecule has 2 heterocycles. The number of ether oxygens (including phenoxy) is 2. The molecule has 0 radical (unpaired) electrons. The standard InChI is InChI=1S/C20H22BrN2O3S.BrH/c1-25-16-8-9-18(26-2)17(12-16)22-13-20(24,14-4-6-15(21)7-5-14)23-10-3-11-27-19(22)23;/h4-9,12,24H,3,10-11,13H2,1-2H3;1H/q+1;/p-1. The Morgan fingerprint density at radius 3 is 2.57 bits per heavy atom. The summed E-state index contributed by atoms with van der Waals surface area (Å²) in [7, 11) is 3.32. The molecule has 1 atom stereocenters. The van der Waals surface area contributed by atoms with Gasteiger partial charge < -0.3 is 31.6 Å². The second-order valence-electron chi connectivity index (χ2n) is 6.58. The number of hydrogen-bond donors (Lipinski definition) is 1. The van der Waals surface area contributed by atoms with Gasteiger partial charge in [0.25, 0.3) is 5.72 Å². The number of rotatable bonds is 4. The molecule has 0 spiro atoms. The summed E-state index contributed by atoms with van der Waals surface area (Å²) in [6.45, 7) is 1.25. The lowest BCUT2D eigenvalue weighted by atomic mass is 10.0. The van der Waals surface area contributed by atoms with Gasteiger partial charge in [0, 0.05) is 21.9 Å². The summed E-state index contributed by atoms with van der Waals surface area (Å²) in [4.78, 5) is 2.15. The molecule has 2 aliphatic heterocycles. The molecule has 2 aromatic carbocycles. The first kappa shape index (κ1) is 21.5. The zero-order valence-corrected chi connectivity index (χ0v) is 19.7. The van der Waals surface area contributed by atoms with Gasteiger partial charge in [-0.1, -0.05) is 28.1 Å². The smallest absolute Gasteiger partial charge is 0.316 e. The highest BCUT2D eigenvalue weighted by Gasteiger charge is 2.53. The molecule has 2 aliphatic rings. The Hall–Kier alpha value is -1.22. The van der Waals surface area contributed by atoms with Crippen LogP contribution in [0, 0.1) is 0 Å². The Morgan fingerprint density at radius 1 is 1.14 bits per heavy atom. The van der Waals surface area contributed by atoms with Crippen LogP contribution in [0.1, 0.15) is 12.0 Å². The van der Waals surface area contributed by atoms with Gasteiger partial charge in [-0.3, -0.25) is 0 Å². The van der Waals surface area contributed by atoms with Crippen LogP contribution in [0.2, 0.25) is 0 Å². The molecule has 1 N–H and O–H groups in total. The number of hydrogen-bond acceptors (Lipinski definition) is 5. The van der Waals surface area contributed by atoms with Crippen molar-refractivity contribution in [1.29, 1.82) is 0 Å². The zero-order valence-electron chi connectivity index (χ0n) is 15.7. The molecule has 0 aromatic heterocycles. The van der Waals surface area contributed by atoms with Crippen molar-refractivity contribution in [2.45, 2.75) is 12.1 Å². The van der Waals surface area contributed by atoms with E-state index in [1.807, 2.05) is 42.5 Å². The lowest BCUT2D eigenvalue weighted by molar-refractivity contribution is -0.656. The zero-order chi connectivity index (χ0) is 19.0. The Balaban J connectivity index is 0.00000225. The molecule has 8 heteroatoms. The van der Waals surface area contributed by atoms with E-state index in [1.165, 1.54) is 0 Å². The normalized spacial score (nSPS) is 21.2. The van der Waals surface area contributed by atoms with E-state index in [0.29, 0.717) is 6.54 Å². The first-order valence-electron chi connectivity index (χ1n) is 8.82. The van der Waals surface area contributed by atoms with Crippen molar-refractivity contribution in [1.82, 2.24) is 0 Å². The summed E-state index contributed by atoms with van der Waals surface area (Å²) in [5.41, 5.74) is 0.701. The third-order valence-corrected chi connectivity index (χ3v) is 6.75. The summed E-state index contributed by atoms with van der Waals surface area (Å²) >= 11 is 5.25. The minimum atomic E-state index is -1.09. The van der Waals surface area contributed by atoms with Crippen molar-refractivity contribution in [3.05, 3.63) is 52.5 Å². The predicted molar refractivity (Wildman–Crippen MR) is 112 cm³/mol. The Bertz CT molecular complexity index is 892. The predicted octanol–water partition coefficient (Wildman–Crippen LogP) is 0.641. The molecule has 5 nitrogen and oxygen atoms in total. The number of thioether (sulfide) groups is 1. The molecule has 150 valence electrons. The fourth-order valence-corrected chi connectivity index (χ4v) is 5.10. The van der Waals surface area contributed by atoms with Crippen molar-refractivity contribution in [2.75, 3.05) is 38.0 Å². The van der Waals surface area contributed by atoms with E-state index in [1.54, 1.807) is 26.0 Å². The highest BCUT2D eigenvalue weighted by Crippen LogP contribution is 2.42. The third-order valence-electron chi connectivity index (χ3n) is 5.03. The van der Waals surface area contributed by atoms with E-state index in [-0.39, 0.29) is 17.0 Å². The van der Waals surface area contributed by atoms with Crippen molar-refractivity contribution < 1.29 is 36.1 Å². The molecule has 0 saturated carbocycles. The van der Waals surface area contributed by atoms with Crippen molar-refractivity contribution >= 4 is 38.5 Å². The van der Waals surface area contributed by atoms with Gasteiger partial charge in [0.2, 0.25) is 0 Å². The number of methoxy groups -OCH3 is 2. The number of nitrogens with zero attached hydrogens (tertiary/aromatic N) is 2. The molecule has 0 bridgehead atoms. The highest BCUT2D eigenvalue weighted by molar-refractivity contribution is 9.10. The second kappa shape index (κ2) is 8.65. The van der Waals surface area contributed by atoms with Crippen molar-refractivity contribution in [3.8, 4) is 11.5 Å². The van der Waals surface area contributed by atoms with Crippen LogP contribution in [0.25, 0.3) is 0 Å². The van der Waals surface area contributed by atoms with Gasteiger partial charge in [-0.05, 0) is 42.4 Å². The van der Waals surface area contributed by atoms with E-state index in [2.05, 4.69) is 25.4 Å². The lowest BCUT2D eigenvalue weighted by Crippen LogP contribution is -3.00. The van der Waals surface area contributed by atoms with Gasteiger partial charge in [-0.2, -0.15) is 0 Å². The monoisotopic (exact) mass is 528 g/mol. The summed E-state index contributed by atoms with van der Waals surface area (Å²) < 4.78 is 14.1. The maximum atomic E-state index is 11.7. The average Bonchev–Trinajstić information content (AvgIpc) is 3.02. The van der Waals surface area contributed by atoms with Crippen molar-refractivity contribution in [3.63, 3.8) is 0 Å². The Labute approximate surface area is 188 Å². The first-order valence-corrected chi connectivity index (χ1v) is 10.6. The van der Waals surface area contributed by atoms with Gasteiger partial charge in [0.1, 0.15) is 5.75 Å². The van der Waals surface area contributed by atoms with Crippen LogP contribution in [-0.4, -0.2) is 47.9 Å². The molecular formula is C20H22Br2N2O3S. The van der Waals surface area contributed by atoms with Gasteiger partial charge in [-0.15, -0.1) is 0 Å². The fraction of sp³-hybridized carbons (Fsp3) is 0.350. The summed E-state index contributed by atoms with van der Waals surface area (Å²) in [6, 6.07) is 13.7. The van der Waals surface area contributed by atoms with Crippen LogP contribution in [0.4, 0.5) is 5.69 Å². The third kappa shape index (κ3) is 3.67. The minimum Gasteiger partial charge on any atom is -1.00 e. The van der Waals surface area contributed by atoms with Gasteiger partial charge in [-0.25, -0.2) is 9.48 Å². The fourth-order valence-electron chi connectivity index (χ4n) is 3.66. The SMILES string of the molecule is COc1ccc(OC)c(N2CC(O)(c3ccc(Br)cc3)[N+]3=C2SCCC3)c1.[Br-]. The van der Waals surface area contributed by atoms with Crippen LogP contribution in [-0.2, 0) is 5.72 Å². The minimum absolute atomic E-state index is 0. The Kier molecular flexibility index (Phi) is 6.64. The van der Waals surface area contributed by atoms with Gasteiger partial charge in [0.15, 0.2) is 18.0 Å². The van der Waals surface area contributed by atoms with E-state index in [4.69, 9.17) is 9.47 Å². The Morgan fingerprint density at radius 2 is 1.89 bits per heavy atom. The van der Waals surface area contributed by atoms with Crippen LogP contribution in [0.15, 0.2) is 46.9 Å². The highest BCUT2D eigenvalue weighted by atomic mass is 79.9. The van der Waals surface area contributed by atoms with Crippen LogP contribution in [0.5, 0.6) is 11.5 Å². The molecule has 4 rings (SSSR count). The van der Waals surface area contributed by atoms with E-state index in [9.17, 15) is 5.11 Å². The first-order chi connectivity index (χ1) is 13.1. The topological polar surface area (TPSA) is 44.9 Å². The lowest BCUT2D eigenvalue weighted by Gasteiger charge is -2.24. The molecule has 0 saturated heterocycles. The maximum Gasteiger partial charge on any atom is 0.316 e. The summed E-state index contributed by atoms with van der Waals surface area (Å²) in [5.74, 6) is 2.55. The number of halogens is 2. The second-order valence-corrected chi connectivity index (χ2v) is 8.56.